The third-order valence-corrected chi connectivity index (χ3v) is 11.0. The topological polar surface area (TPSA) is 185 Å². The number of benzene rings is 3. The number of rotatable bonds is 6. The fourth-order valence-corrected chi connectivity index (χ4v) is 8.79. The van der Waals surface area contributed by atoms with Gasteiger partial charge in [0.25, 0.3) is 0 Å². The van der Waals surface area contributed by atoms with Gasteiger partial charge in [-0.25, -0.2) is 9.80 Å². The number of phenolic OH excluding ortho intramolecular Hbond substituents is 1. The van der Waals surface area contributed by atoms with Gasteiger partial charge in [-0.05, 0) is 61.9 Å². The minimum absolute atomic E-state index is 0.0518. The summed E-state index contributed by atoms with van der Waals surface area (Å²) in [5.41, 5.74) is -0.772. The van der Waals surface area contributed by atoms with Crippen LogP contribution >= 0.6 is 0 Å². The molecule has 6 atom stereocenters. The Balaban J connectivity index is 1.36. The number of hydrogen-bond acceptors (Lipinski definition) is 10. The van der Waals surface area contributed by atoms with Gasteiger partial charge in [0, 0.05) is 32.1 Å². The molecule has 6 unspecified atom stereocenters. The van der Waals surface area contributed by atoms with Crippen LogP contribution in [0.25, 0.3) is 0 Å². The summed E-state index contributed by atoms with van der Waals surface area (Å²) in [6, 6.07) is 15.6. The maximum absolute atomic E-state index is 14.5. The summed E-state index contributed by atoms with van der Waals surface area (Å²) in [7, 11) is 2.83. The molecule has 256 valence electrons. The molecule has 1 N–H and O–H groups in total. The first-order valence-corrected chi connectivity index (χ1v) is 16.1. The van der Waals surface area contributed by atoms with Crippen molar-refractivity contribution < 1.29 is 34.1 Å². The third kappa shape index (κ3) is 4.47. The van der Waals surface area contributed by atoms with Crippen LogP contribution < -0.4 is 14.7 Å². The van der Waals surface area contributed by atoms with Crippen molar-refractivity contribution in [3.63, 3.8) is 0 Å². The van der Waals surface area contributed by atoms with Crippen LogP contribution in [0, 0.1) is 56.2 Å². The van der Waals surface area contributed by atoms with Crippen molar-refractivity contribution in [2.45, 2.75) is 32.6 Å². The number of para-hydroxylation sites is 1. The van der Waals surface area contributed by atoms with E-state index in [1.165, 1.54) is 30.0 Å². The first kappa shape index (κ1) is 32.6. The van der Waals surface area contributed by atoms with Crippen LogP contribution in [0.5, 0.6) is 5.75 Å². The van der Waals surface area contributed by atoms with Crippen molar-refractivity contribution in [1.29, 1.82) is 0 Å². The van der Waals surface area contributed by atoms with Crippen LogP contribution in [-0.4, -0.2) is 52.7 Å². The third-order valence-electron chi connectivity index (χ3n) is 11.0. The van der Waals surface area contributed by atoms with Gasteiger partial charge in [0.2, 0.25) is 23.6 Å². The average Bonchev–Trinajstić information content (AvgIpc) is 3.45. The summed E-state index contributed by atoms with van der Waals surface area (Å²) in [5.74, 6) is -6.25. The lowest BCUT2D eigenvalue weighted by Crippen LogP contribution is -2.48. The summed E-state index contributed by atoms with van der Waals surface area (Å²) >= 11 is 0. The lowest BCUT2D eigenvalue weighted by molar-refractivity contribution is -0.392. The van der Waals surface area contributed by atoms with Crippen LogP contribution in [0.2, 0.25) is 0 Å². The molecule has 0 spiro atoms. The minimum atomic E-state index is -1.28. The van der Waals surface area contributed by atoms with Crippen molar-refractivity contribution >= 4 is 52.1 Å². The number of nitro benzene ring substituents is 2. The molecule has 50 heavy (non-hydrogen) atoms. The Kier molecular flexibility index (Phi) is 7.39. The van der Waals surface area contributed by atoms with Crippen LogP contribution in [0.15, 0.2) is 72.3 Å². The van der Waals surface area contributed by atoms with E-state index in [4.69, 9.17) is 0 Å². The van der Waals surface area contributed by atoms with Gasteiger partial charge in [0.1, 0.15) is 5.75 Å². The molecule has 4 aliphatic rings. The Labute approximate surface area is 285 Å². The number of aromatic hydroxyl groups is 1. The van der Waals surface area contributed by atoms with E-state index < -0.39 is 79.9 Å². The number of hydrogen-bond donors (Lipinski definition) is 1. The predicted octanol–water partition coefficient (Wildman–Crippen LogP) is 5.02. The second-order valence-electron chi connectivity index (χ2n) is 13.8. The SMILES string of the molecule is Cc1cc(C2C3=CCC4C(=O)N(c5cc([N+](=O)[O-])c(N(C)C)c([N+](=O)[O-])c5)C(=O)C4C3CC3C(=O)N(c4ccccc4)C(=O)C32C)ccc1O. The maximum atomic E-state index is 14.5. The molecular formula is C36H33N5O9. The molecule has 3 aromatic carbocycles. The van der Waals surface area contributed by atoms with Crippen LogP contribution in [0.3, 0.4) is 0 Å². The molecule has 2 saturated heterocycles. The number of anilines is 3. The van der Waals surface area contributed by atoms with Crippen LogP contribution in [-0.2, 0) is 19.2 Å². The molecule has 2 heterocycles. The largest absolute Gasteiger partial charge is 0.508 e. The number of nitrogens with zero attached hydrogens (tertiary/aromatic N) is 5. The summed E-state index contributed by atoms with van der Waals surface area (Å²) in [5, 5.41) is 34.5. The molecule has 2 aliphatic carbocycles. The predicted molar refractivity (Wildman–Crippen MR) is 180 cm³/mol. The zero-order valence-electron chi connectivity index (χ0n) is 27.6. The van der Waals surface area contributed by atoms with Gasteiger partial charge in [-0.2, -0.15) is 0 Å². The quantitative estimate of drug-likeness (QED) is 0.161. The molecule has 3 aromatic rings. The molecule has 4 amide bonds. The lowest BCUT2D eigenvalue weighted by Gasteiger charge is -2.49. The number of phenols is 1. The minimum Gasteiger partial charge on any atom is -0.508 e. The number of amides is 4. The van der Waals surface area contributed by atoms with E-state index in [0.29, 0.717) is 22.4 Å². The summed E-state index contributed by atoms with van der Waals surface area (Å²) < 4.78 is 0. The molecule has 0 radical (unpaired) electrons. The smallest absolute Gasteiger partial charge is 0.301 e. The van der Waals surface area contributed by atoms with E-state index in [0.717, 1.165) is 17.0 Å². The molecule has 14 heteroatoms. The summed E-state index contributed by atoms with van der Waals surface area (Å²) in [6.45, 7) is 3.48. The number of carbonyl (C=O) groups excluding carboxylic acids is 4. The molecule has 7 rings (SSSR count). The Morgan fingerprint density at radius 3 is 2.06 bits per heavy atom. The van der Waals surface area contributed by atoms with E-state index in [1.807, 2.05) is 6.08 Å². The van der Waals surface area contributed by atoms with E-state index in [2.05, 4.69) is 0 Å². The highest BCUT2D eigenvalue weighted by molar-refractivity contribution is 6.25. The lowest BCUT2D eigenvalue weighted by atomic mass is 9.51. The normalized spacial score (nSPS) is 27.1. The zero-order chi connectivity index (χ0) is 36.0. The number of allylic oxidation sites excluding steroid dienone is 2. The highest BCUT2D eigenvalue weighted by atomic mass is 16.6. The van der Waals surface area contributed by atoms with Crippen molar-refractivity contribution in [2.75, 3.05) is 28.8 Å². The zero-order valence-corrected chi connectivity index (χ0v) is 27.6. The molecule has 3 fully saturated rings. The average molecular weight is 680 g/mol. The van der Waals surface area contributed by atoms with Crippen molar-refractivity contribution in [3.05, 3.63) is 104 Å². The Morgan fingerprint density at radius 2 is 1.48 bits per heavy atom. The monoisotopic (exact) mass is 679 g/mol. The maximum Gasteiger partial charge on any atom is 0.301 e. The van der Waals surface area contributed by atoms with Gasteiger partial charge >= 0.3 is 11.4 Å². The fourth-order valence-electron chi connectivity index (χ4n) is 8.79. The molecule has 0 bridgehead atoms. The highest BCUT2D eigenvalue weighted by Gasteiger charge is 2.67. The molecule has 14 nitrogen and oxygen atoms in total. The van der Waals surface area contributed by atoms with Gasteiger partial charge in [0.05, 0.1) is 44.4 Å². The van der Waals surface area contributed by atoms with Gasteiger partial charge in [-0.1, -0.05) is 42.0 Å². The van der Waals surface area contributed by atoms with Crippen LogP contribution in [0.4, 0.5) is 28.4 Å². The van der Waals surface area contributed by atoms with E-state index >= 15 is 0 Å². The summed E-state index contributed by atoms with van der Waals surface area (Å²) in [4.78, 5) is 83.1. The van der Waals surface area contributed by atoms with Gasteiger partial charge < -0.3 is 10.0 Å². The van der Waals surface area contributed by atoms with Crippen molar-refractivity contribution in [2.24, 2.45) is 29.1 Å². The number of fused-ring (bicyclic) bond motifs is 4. The van der Waals surface area contributed by atoms with Crippen molar-refractivity contribution in [1.82, 2.24) is 0 Å². The molecule has 2 aliphatic heterocycles. The Morgan fingerprint density at radius 1 is 0.840 bits per heavy atom. The van der Waals surface area contributed by atoms with Gasteiger partial charge in [-0.3, -0.25) is 39.4 Å². The van der Waals surface area contributed by atoms with Crippen molar-refractivity contribution in [3.8, 4) is 5.75 Å². The first-order chi connectivity index (χ1) is 23.7. The molecular weight excluding hydrogens is 646 g/mol. The number of nitro groups is 2. The second kappa shape index (κ2) is 11.3. The number of aryl methyl sites for hydroxylation is 1. The van der Waals surface area contributed by atoms with E-state index in [1.54, 1.807) is 56.3 Å². The number of imide groups is 2. The van der Waals surface area contributed by atoms with Gasteiger partial charge in [-0.15, -0.1) is 0 Å². The van der Waals surface area contributed by atoms with E-state index in [9.17, 15) is 44.5 Å². The molecule has 1 saturated carbocycles. The van der Waals surface area contributed by atoms with E-state index in [-0.39, 0.29) is 30.0 Å². The number of carbonyl (C=O) groups is 4. The standard InChI is InChI=1S/C36H33N5O9/c1-18-14-19(10-13-28(18)42)30-22-11-12-23-29(24(22)17-25-33(44)39(35(46)36(25,30)2)20-8-6-5-7-9-20)34(45)38(32(23)43)21-15-26(40(47)48)31(37(3)4)27(16-21)41(49)50/h5-11,13-16,23-25,29-30,42H,12,17H2,1-4H3. The molecule has 0 aromatic heterocycles. The Hall–Kier alpha value is -5.92. The Bertz CT molecular complexity index is 2040. The fraction of sp³-hybridized carbons (Fsp3) is 0.333. The first-order valence-electron chi connectivity index (χ1n) is 16.1. The summed E-state index contributed by atoms with van der Waals surface area (Å²) in [6.07, 6.45) is 2.05. The second-order valence-corrected chi connectivity index (χ2v) is 13.8. The van der Waals surface area contributed by atoms with Gasteiger partial charge in [0.15, 0.2) is 5.69 Å². The highest BCUT2D eigenvalue weighted by Crippen LogP contribution is 2.64. The van der Waals surface area contributed by atoms with Crippen LogP contribution in [0.1, 0.15) is 36.8 Å².